The maximum absolute atomic E-state index is 4.59. The van der Waals surface area contributed by atoms with Gasteiger partial charge in [0.15, 0.2) is 0 Å². The second-order valence-corrected chi connectivity index (χ2v) is 5.42. The van der Waals surface area contributed by atoms with E-state index in [9.17, 15) is 0 Å². The highest BCUT2D eigenvalue weighted by molar-refractivity contribution is 7.09. The van der Waals surface area contributed by atoms with Gasteiger partial charge in [0.1, 0.15) is 10.8 Å². The van der Waals surface area contributed by atoms with Crippen molar-refractivity contribution in [3.8, 4) is 10.6 Å². The van der Waals surface area contributed by atoms with Gasteiger partial charge in [-0.3, -0.25) is 0 Å². The van der Waals surface area contributed by atoms with Gasteiger partial charge in [0.05, 0.1) is 0 Å². The van der Waals surface area contributed by atoms with Crippen molar-refractivity contribution in [3.05, 3.63) is 30.1 Å². The lowest BCUT2D eigenvalue weighted by Crippen LogP contribution is -2.08. The van der Waals surface area contributed by atoms with E-state index in [1.165, 1.54) is 17.2 Å². The molecule has 0 aliphatic carbocycles. The fraction of sp³-hybridized carbons (Fsp3) is 0.429. The molecular weight excluding hydrogens is 256 g/mol. The van der Waals surface area contributed by atoms with E-state index in [1.54, 1.807) is 0 Å². The van der Waals surface area contributed by atoms with Gasteiger partial charge >= 0.3 is 0 Å². The third kappa shape index (κ3) is 3.75. The molecule has 5 heteroatoms. The zero-order valence-corrected chi connectivity index (χ0v) is 12.5. The van der Waals surface area contributed by atoms with Crippen LogP contribution in [0.4, 0.5) is 5.69 Å². The predicted octanol–water partition coefficient (Wildman–Crippen LogP) is 2.42. The van der Waals surface area contributed by atoms with Crippen LogP contribution in [0.1, 0.15) is 12.2 Å². The van der Waals surface area contributed by atoms with Crippen LogP contribution in [0.3, 0.4) is 0 Å². The molecule has 0 aliphatic heterocycles. The van der Waals surface area contributed by atoms with E-state index < -0.39 is 0 Å². The number of aryl methyl sites for hydroxylation is 1. The summed E-state index contributed by atoms with van der Waals surface area (Å²) in [6, 6.07) is 8.43. The molecule has 0 bridgehead atoms. The van der Waals surface area contributed by atoms with Gasteiger partial charge in [0.2, 0.25) is 0 Å². The number of nitrogens with one attached hydrogen (secondary N) is 1. The van der Waals surface area contributed by atoms with Crippen molar-refractivity contribution >= 4 is 17.2 Å². The van der Waals surface area contributed by atoms with Crippen molar-refractivity contribution < 1.29 is 0 Å². The van der Waals surface area contributed by atoms with E-state index in [-0.39, 0.29) is 0 Å². The average Bonchev–Trinajstić information content (AvgIpc) is 2.88. The first-order chi connectivity index (χ1) is 9.20. The summed E-state index contributed by atoms with van der Waals surface area (Å²) in [5.74, 6) is 0.951. The van der Waals surface area contributed by atoms with Crippen LogP contribution in [0, 0.1) is 0 Å². The Balaban J connectivity index is 2.05. The van der Waals surface area contributed by atoms with E-state index in [4.69, 9.17) is 0 Å². The molecule has 0 saturated heterocycles. The minimum absolute atomic E-state index is 0.938. The third-order valence-corrected chi connectivity index (χ3v) is 3.73. The van der Waals surface area contributed by atoms with Crippen molar-refractivity contribution in [2.45, 2.75) is 12.8 Å². The van der Waals surface area contributed by atoms with Crippen molar-refractivity contribution in [2.24, 2.45) is 0 Å². The molecule has 1 aromatic heterocycles. The van der Waals surface area contributed by atoms with Crippen molar-refractivity contribution in [3.63, 3.8) is 0 Å². The van der Waals surface area contributed by atoms with E-state index in [0.29, 0.717) is 0 Å². The number of anilines is 1. The molecule has 4 nitrogen and oxygen atoms in total. The fourth-order valence-corrected chi connectivity index (χ4v) is 2.51. The monoisotopic (exact) mass is 276 g/mol. The third-order valence-electron chi connectivity index (χ3n) is 2.93. The summed E-state index contributed by atoms with van der Waals surface area (Å²) in [6.45, 7) is 1.01. The Morgan fingerprint density at radius 1 is 1.21 bits per heavy atom. The second kappa shape index (κ2) is 6.63. The van der Waals surface area contributed by atoms with Crippen LogP contribution in [-0.2, 0) is 6.42 Å². The quantitative estimate of drug-likeness (QED) is 0.823. The molecule has 2 aromatic rings. The molecule has 0 aliphatic rings. The van der Waals surface area contributed by atoms with Crippen molar-refractivity contribution in [2.75, 3.05) is 32.6 Å². The van der Waals surface area contributed by atoms with Gasteiger partial charge in [0.25, 0.3) is 0 Å². The summed E-state index contributed by atoms with van der Waals surface area (Å²) in [5, 5.41) is 4.14. The molecule has 0 unspecified atom stereocenters. The fourth-order valence-electron chi connectivity index (χ4n) is 1.80. The van der Waals surface area contributed by atoms with E-state index in [2.05, 4.69) is 43.8 Å². The van der Waals surface area contributed by atoms with Gasteiger partial charge in [-0.15, -0.1) is 0 Å². The highest BCUT2D eigenvalue weighted by Gasteiger charge is 2.06. The lowest BCUT2D eigenvalue weighted by atomic mass is 10.2. The highest BCUT2D eigenvalue weighted by atomic mass is 32.1. The van der Waals surface area contributed by atoms with Crippen molar-refractivity contribution in [1.29, 1.82) is 0 Å². The number of hydrogen-bond acceptors (Lipinski definition) is 5. The van der Waals surface area contributed by atoms with Gasteiger partial charge in [-0.25, -0.2) is 4.98 Å². The summed E-state index contributed by atoms with van der Waals surface area (Å²) in [4.78, 5) is 6.68. The van der Waals surface area contributed by atoms with E-state index in [1.807, 2.05) is 21.1 Å². The van der Waals surface area contributed by atoms with Crippen LogP contribution in [0.2, 0.25) is 0 Å². The molecule has 2 rings (SSSR count). The predicted molar refractivity (Wildman–Crippen MR) is 81.9 cm³/mol. The van der Waals surface area contributed by atoms with Gasteiger partial charge in [0, 0.05) is 31.8 Å². The normalized spacial score (nSPS) is 10.7. The Labute approximate surface area is 118 Å². The van der Waals surface area contributed by atoms with Crippen LogP contribution in [-0.4, -0.2) is 37.0 Å². The Kier molecular flexibility index (Phi) is 4.87. The minimum Gasteiger partial charge on any atom is -0.378 e. The summed E-state index contributed by atoms with van der Waals surface area (Å²) in [7, 11) is 6.05. The van der Waals surface area contributed by atoms with Gasteiger partial charge in [-0.05, 0) is 55.8 Å². The summed E-state index contributed by atoms with van der Waals surface area (Å²) in [6.07, 6.45) is 2.01. The average molecular weight is 276 g/mol. The standard InChI is InChI=1S/C14H20N4S/c1-15-10-4-5-13-16-14(19-17-13)11-6-8-12(9-7-11)18(2)3/h6-9,15H,4-5,10H2,1-3H3. The number of hydrogen-bond donors (Lipinski definition) is 1. The lowest BCUT2D eigenvalue weighted by molar-refractivity contribution is 0.709. The first-order valence-corrected chi connectivity index (χ1v) is 7.23. The zero-order chi connectivity index (χ0) is 13.7. The lowest BCUT2D eigenvalue weighted by Gasteiger charge is -2.11. The van der Waals surface area contributed by atoms with Gasteiger partial charge < -0.3 is 10.2 Å². The maximum atomic E-state index is 4.59. The van der Waals surface area contributed by atoms with Gasteiger partial charge in [-0.1, -0.05) is 0 Å². The molecule has 1 aromatic carbocycles. The van der Waals surface area contributed by atoms with Gasteiger partial charge in [-0.2, -0.15) is 4.37 Å². The largest absolute Gasteiger partial charge is 0.378 e. The zero-order valence-electron chi connectivity index (χ0n) is 11.7. The SMILES string of the molecule is CNCCCc1nsc(-c2ccc(N(C)C)cc2)n1. The molecule has 1 N–H and O–H groups in total. The molecule has 0 spiro atoms. The van der Waals surface area contributed by atoms with Crippen LogP contribution >= 0.6 is 11.5 Å². The minimum atomic E-state index is 0.938. The van der Waals surface area contributed by atoms with Crippen LogP contribution in [0.25, 0.3) is 10.6 Å². The Morgan fingerprint density at radius 2 is 1.95 bits per heavy atom. The van der Waals surface area contributed by atoms with Crippen LogP contribution in [0.15, 0.2) is 24.3 Å². The number of nitrogens with zero attached hydrogens (tertiary/aromatic N) is 3. The molecule has 19 heavy (non-hydrogen) atoms. The number of rotatable bonds is 6. The van der Waals surface area contributed by atoms with E-state index in [0.717, 1.165) is 35.8 Å². The summed E-state index contributed by atoms with van der Waals surface area (Å²) < 4.78 is 4.41. The topological polar surface area (TPSA) is 41.1 Å². The molecule has 0 fully saturated rings. The van der Waals surface area contributed by atoms with Crippen LogP contribution in [0.5, 0.6) is 0 Å². The first-order valence-electron chi connectivity index (χ1n) is 6.45. The summed E-state index contributed by atoms with van der Waals surface area (Å²) in [5.41, 5.74) is 2.34. The molecule has 0 atom stereocenters. The number of aromatic nitrogens is 2. The van der Waals surface area contributed by atoms with E-state index >= 15 is 0 Å². The Bertz CT molecular complexity index is 504. The molecule has 0 radical (unpaired) electrons. The first kappa shape index (κ1) is 14.0. The smallest absolute Gasteiger partial charge is 0.144 e. The molecule has 1 heterocycles. The maximum Gasteiger partial charge on any atom is 0.144 e. The highest BCUT2D eigenvalue weighted by Crippen LogP contribution is 2.24. The molecule has 102 valence electrons. The van der Waals surface area contributed by atoms with Crippen molar-refractivity contribution in [1.82, 2.24) is 14.7 Å². The molecule has 0 amide bonds. The molecule has 0 saturated carbocycles. The Morgan fingerprint density at radius 3 is 2.58 bits per heavy atom. The van der Waals surface area contributed by atoms with Crippen LogP contribution < -0.4 is 10.2 Å². The Hall–Kier alpha value is -1.46. The summed E-state index contributed by atoms with van der Waals surface area (Å²) >= 11 is 1.48. The number of benzene rings is 1. The molecular formula is C14H20N4S. The second-order valence-electron chi connectivity index (χ2n) is 4.66.